The molecule has 1 nitrogen and oxygen atoms in total. The predicted octanol–water partition coefficient (Wildman–Crippen LogP) is 6.90. The molecule has 2 aromatic carbocycles. The summed E-state index contributed by atoms with van der Waals surface area (Å²) < 4.78 is 4.76. The Labute approximate surface area is 142 Å². The van der Waals surface area contributed by atoms with Crippen molar-refractivity contribution in [2.24, 2.45) is 0 Å². The number of aromatic nitrogens is 1. The molecule has 21 heavy (non-hydrogen) atoms. The number of aryl methyl sites for hydroxylation is 1. The maximum absolute atomic E-state index is 3.61. The second-order valence-electron chi connectivity index (χ2n) is 5.54. The molecule has 1 aromatic heterocycles. The third-order valence-corrected chi connectivity index (χ3v) is 5.01. The highest BCUT2D eigenvalue weighted by Crippen LogP contribution is 2.33. The normalized spacial score (nSPS) is 11.6. The van der Waals surface area contributed by atoms with E-state index in [1.165, 1.54) is 47.5 Å². The van der Waals surface area contributed by atoms with Crippen LogP contribution in [-0.2, 0) is 6.54 Å². The van der Waals surface area contributed by atoms with E-state index in [1.807, 2.05) is 0 Å². The van der Waals surface area contributed by atoms with E-state index in [4.69, 9.17) is 0 Å². The van der Waals surface area contributed by atoms with Crippen LogP contribution < -0.4 is 0 Å². The Balaban J connectivity index is 2.11. The lowest BCUT2D eigenvalue weighted by molar-refractivity contribution is 0.602. The standard InChI is InChI=1S/C18H19Br2N/c1-2-3-4-5-10-21-17-9-7-13(19)11-16(17)15-8-6-14(20)12-18(15)21/h6-9,11-12H,2-5,10H2,1H3. The summed E-state index contributed by atoms with van der Waals surface area (Å²) in [6, 6.07) is 13.2. The monoisotopic (exact) mass is 407 g/mol. The molecule has 3 aromatic rings. The average Bonchev–Trinajstić information content (AvgIpc) is 2.76. The quantitative estimate of drug-likeness (QED) is 0.404. The number of benzene rings is 2. The Hall–Kier alpha value is -0.800. The molecule has 0 amide bonds. The van der Waals surface area contributed by atoms with Crippen LogP contribution in [0.4, 0.5) is 0 Å². The van der Waals surface area contributed by atoms with Crippen LogP contribution in [0, 0.1) is 0 Å². The van der Waals surface area contributed by atoms with Gasteiger partial charge in [-0.15, -0.1) is 0 Å². The van der Waals surface area contributed by atoms with Crippen molar-refractivity contribution in [3.8, 4) is 0 Å². The maximum Gasteiger partial charge on any atom is 0.0502 e. The lowest BCUT2D eigenvalue weighted by Crippen LogP contribution is -1.97. The van der Waals surface area contributed by atoms with Gasteiger partial charge < -0.3 is 4.57 Å². The van der Waals surface area contributed by atoms with E-state index >= 15 is 0 Å². The van der Waals surface area contributed by atoms with E-state index in [9.17, 15) is 0 Å². The summed E-state index contributed by atoms with van der Waals surface area (Å²) in [6.45, 7) is 3.35. The van der Waals surface area contributed by atoms with Crippen LogP contribution in [-0.4, -0.2) is 4.57 Å². The molecule has 1 heterocycles. The fourth-order valence-corrected chi connectivity index (χ4v) is 3.69. The summed E-state index contributed by atoms with van der Waals surface area (Å²) in [5.41, 5.74) is 2.66. The average molecular weight is 409 g/mol. The number of nitrogens with zero attached hydrogens (tertiary/aromatic N) is 1. The lowest BCUT2D eigenvalue weighted by Gasteiger charge is -2.07. The van der Waals surface area contributed by atoms with Gasteiger partial charge in [0.25, 0.3) is 0 Å². The zero-order valence-corrected chi connectivity index (χ0v) is 15.4. The fourth-order valence-electron chi connectivity index (χ4n) is 2.98. The highest BCUT2D eigenvalue weighted by Gasteiger charge is 2.11. The van der Waals surface area contributed by atoms with Crippen molar-refractivity contribution in [1.82, 2.24) is 4.57 Å². The number of hydrogen-bond acceptors (Lipinski definition) is 0. The van der Waals surface area contributed by atoms with Crippen LogP contribution in [0.2, 0.25) is 0 Å². The van der Waals surface area contributed by atoms with Crippen molar-refractivity contribution < 1.29 is 0 Å². The van der Waals surface area contributed by atoms with Crippen LogP contribution in [0.3, 0.4) is 0 Å². The fraction of sp³-hybridized carbons (Fsp3) is 0.333. The number of fused-ring (bicyclic) bond motifs is 3. The topological polar surface area (TPSA) is 4.93 Å². The molecule has 0 aliphatic rings. The van der Waals surface area contributed by atoms with Gasteiger partial charge in [-0.25, -0.2) is 0 Å². The highest BCUT2D eigenvalue weighted by molar-refractivity contribution is 9.10. The first-order valence-electron chi connectivity index (χ1n) is 7.57. The summed E-state index contributed by atoms with van der Waals surface area (Å²) >= 11 is 7.21. The first-order chi connectivity index (χ1) is 10.2. The van der Waals surface area contributed by atoms with Gasteiger partial charge in [0, 0.05) is 31.8 Å². The number of rotatable bonds is 5. The molecule has 0 bridgehead atoms. The second-order valence-corrected chi connectivity index (χ2v) is 7.37. The SMILES string of the molecule is CCCCCCn1c2ccc(Br)cc2c2ccc(Br)cc21. The van der Waals surface area contributed by atoms with Gasteiger partial charge >= 0.3 is 0 Å². The highest BCUT2D eigenvalue weighted by atomic mass is 79.9. The van der Waals surface area contributed by atoms with Crippen LogP contribution in [0.5, 0.6) is 0 Å². The maximum atomic E-state index is 3.61. The lowest BCUT2D eigenvalue weighted by atomic mass is 10.2. The van der Waals surface area contributed by atoms with Gasteiger partial charge in [-0.3, -0.25) is 0 Å². The van der Waals surface area contributed by atoms with Crippen LogP contribution >= 0.6 is 31.9 Å². The zero-order valence-electron chi connectivity index (χ0n) is 12.2. The summed E-state index contributed by atoms with van der Waals surface area (Å²) in [5, 5.41) is 2.67. The summed E-state index contributed by atoms with van der Waals surface area (Å²) in [5.74, 6) is 0. The molecule has 3 heteroatoms. The van der Waals surface area contributed by atoms with Crippen molar-refractivity contribution in [2.75, 3.05) is 0 Å². The van der Waals surface area contributed by atoms with Crippen molar-refractivity contribution in [2.45, 2.75) is 39.2 Å². The molecular weight excluding hydrogens is 390 g/mol. The predicted molar refractivity (Wildman–Crippen MR) is 99.0 cm³/mol. The molecule has 0 unspecified atom stereocenters. The molecule has 0 atom stereocenters. The molecule has 0 spiro atoms. The van der Waals surface area contributed by atoms with Gasteiger partial charge in [0.05, 0.1) is 5.52 Å². The Kier molecular flexibility index (Phi) is 4.70. The summed E-state index contributed by atoms with van der Waals surface area (Å²) in [6.07, 6.45) is 5.16. The molecule has 0 radical (unpaired) electrons. The van der Waals surface area contributed by atoms with E-state index in [-0.39, 0.29) is 0 Å². The van der Waals surface area contributed by atoms with E-state index < -0.39 is 0 Å². The molecular formula is C18H19Br2N. The zero-order chi connectivity index (χ0) is 14.8. The van der Waals surface area contributed by atoms with E-state index in [1.54, 1.807) is 0 Å². The van der Waals surface area contributed by atoms with Gasteiger partial charge in [-0.2, -0.15) is 0 Å². The van der Waals surface area contributed by atoms with E-state index in [2.05, 4.69) is 79.7 Å². The van der Waals surface area contributed by atoms with Gasteiger partial charge in [0.1, 0.15) is 0 Å². The molecule has 0 aliphatic heterocycles. The minimum absolute atomic E-state index is 1.10. The number of halogens is 2. The van der Waals surface area contributed by atoms with Gasteiger partial charge in [-0.1, -0.05) is 64.1 Å². The first-order valence-corrected chi connectivity index (χ1v) is 9.16. The van der Waals surface area contributed by atoms with Crippen molar-refractivity contribution in [3.63, 3.8) is 0 Å². The smallest absolute Gasteiger partial charge is 0.0502 e. The second kappa shape index (κ2) is 6.53. The number of unbranched alkanes of at least 4 members (excludes halogenated alkanes) is 3. The minimum atomic E-state index is 1.10. The Morgan fingerprint density at radius 1 is 0.810 bits per heavy atom. The van der Waals surface area contributed by atoms with Crippen molar-refractivity contribution in [3.05, 3.63) is 45.3 Å². The summed E-state index contributed by atoms with van der Waals surface area (Å²) in [4.78, 5) is 0. The third-order valence-electron chi connectivity index (χ3n) is 4.03. The van der Waals surface area contributed by atoms with Gasteiger partial charge in [-0.05, 0) is 36.8 Å². The van der Waals surface area contributed by atoms with Crippen LogP contribution in [0.1, 0.15) is 32.6 Å². The molecule has 0 saturated heterocycles. The first kappa shape index (κ1) is 15.1. The van der Waals surface area contributed by atoms with Gasteiger partial charge in [0.15, 0.2) is 0 Å². The molecule has 3 rings (SSSR count). The Morgan fingerprint density at radius 3 is 2.38 bits per heavy atom. The van der Waals surface area contributed by atoms with E-state index in [0.717, 1.165) is 15.5 Å². The largest absolute Gasteiger partial charge is 0.340 e. The van der Waals surface area contributed by atoms with Crippen LogP contribution in [0.15, 0.2) is 45.3 Å². The molecule has 0 N–H and O–H groups in total. The van der Waals surface area contributed by atoms with E-state index in [0.29, 0.717) is 0 Å². The third kappa shape index (κ3) is 3.04. The molecule has 110 valence electrons. The Bertz CT molecular complexity index is 774. The molecule has 0 saturated carbocycles. The van der Waals surface area contributed by atoms with Crippen molar-refractivity contribution >= 4 is 53.7 Å². The van der Waals surface area contributed by atoms with Gasteiger partial charge in [0.2, 0.25) is 0 Å². The molecule has 0 aliphatic carbocycles. The minimum Gasteiger partial charge on any atom is -0.340 e. The van der Waals surface area contributed by atoms with Crippen LogP contribution in [0.25, 0.3) is 21.8 Å². The summed E-state index contributed by atoms with van der Waals surface area (Å²) in [7, 11) is 0. The van der Waals surface area contributed by atoms with Crippen molar-refractivity contribution in [1.29, 1.82) is 0 Å². The molecule has 0 fully saturated rings. The number of hydrogen-bond donors (Lipinski definition) is 0. The Morgan fingerprint density at radius 2 is 1.57 bits per heavy atom.